The first-order chi connectivity index (χ1) is 6.50. The zero-order chi connectivity index (χ0) is 10.7. The van der Waals surface area contributed by atoms with Gasteiger partial charge in [0.05, 0.1) is 17.3 Å². The first kappa shape index (κ1) is 10.7. The number of amides is 1. The van der Waals surface area contributed by atoms with Gasteiger partial charge < -0.3 is 16.4 Å². The SMILES string of the molecule is CN(CC(N)=O)c1ccc(N)cc1Cl. The van der Waals surface area contributed by atoms with Gasteiger partial charge in [-0.1, -0.05) is 11.6 Å². The molecular weight excluding hydrogens is 202 g/mol. The van der Waals surface area contributed by atoms with E-state index in [0.717, 1.165) is 5.69 Å². The third-order valence-electron chi connectivity index (χ3n) is 1.78. The number of primary amides is 1. The topological polar surface area (TPSA) is 72.3 Å². The number of hydrogen-bond acceptors (Lipinski definition) is 3. The number of nitrogens with two attached hydrogens (primary N) is 2. The lowest BCUT2D eigenvalue weighted by Crippen LogP contribution is -2.30. The Labute approximate surface area is 87.4 Å². The van der Waals surface area contributed by atoms with Gasteiger partial charge in [-0.25, -0.2) is 0 Å². The fourth-order valence-corrected chi connectivity index (χ4v) is 1.48. The number of likely N-dealkylation sites (N-methyl/N-ethyl adjacent to an activating group) is 1. The van der Waals surface area contributed by atoms with E-state index in [1.165, 1.54) is 0 Å². The molecule has 0 aliphatic rings. The molecule has 5 heteroatoms. The fourth-order valence-electron chi connectivity index (χ4n) is 1.15. The van der Waals surface area contributed by atoms with Crippen LogP contribution in [0, 0.1) is 0 Å². The number of anilines is 2. The van der Waals surface area contributed by atoms with Crippen LogP contribution in [0.4, 0.5) is 11.4 Å². The fraction of sp³-hybridized carbons (Fsp3) is 0.222. The van der Waals surface area contributed by atoms with E-state index in [1.54, 1.807) is 30.1 Å². The molecule has 0 radical (unpaired) electrons. The monoisotopic (exact) mass is 213 g/mol. The summed E-state index contributed by atoms with van der Waals surface area (Å²) in [5, 5.41) is 0.508. The second kappa shape index (κ2) is 4.19. The van der Waals surface area contributed by atoms with Gasteiger partial charge in [0.25, 0.3) is 0 Å². The summed E-state index contributed by atoms with van der Waals surface area (Å²) in [5.41, 5.74) is 11.9. The van der Waals surface area contributed by atoms with Crippen LogP contribution in [0.3, 0.4) is 0 Å². The summed E-state index contributed by atoms with van der Waals surface area (Å²) in [4.78, 5) is 12.3. The third-order valence-corrected chi connectivity index (χ3v) is 2.08. The van der Waals surface area contributed by atoms with Crippen LogP contribution in [-0.4, -0.2) is 19.5 Å². The summed E-state index contributed by atoms with van der Waals surface area (Å²) in [6, 6.07) is 5.10. The molecule has 4 N–H and O–H groups in total. The van der Waals surface area contributed by atoms with Crippen molar-refractivity contribution < 1.29 is 4.79 Å². The van der Waals surface area contributed by atoms with E-state index in [0.29, 0.717) is 10.7 Å². The lowest BCUT2D eigenvalue weighted by molar-refractivity contribution is -0.116. The van der Waals surface area contributed by atoms with Crippen LogP contribution in [0.25, 0.3) is 0 Å². The third kappa shape index (κ3) is 2.53. The summed E-state index contributed by atoms with van der Waals surface area (Å²) in [6.07, 6.45) is 0. The summed E-state index contributed by atoms with van der Waals surface area (Å²) in [7, 11) is 1.74. The van der Waals surface area contributed by atoms with Gasteiger partial charge in [0.15, 0.2) is 0 Å². The molecule has 1 rings (SSSR count). The van der Waals surface area contributed by atoms with Crippen molar-refractivity contribution in [3.05, 3.63) is 23.2 Å². The zero-order valence-corrected chi connectivity index (χ0v) is 8.58. The van der Waals surface area contributed by atoms with Crippen molar-refractivity contribution in [2.45, 2.75) is 0 Å². The van der Waals surface area contributed by atoms with Crippen molar-refractivity contribution in [3.63, 3.8) is 0 Å². The lowest BCUT2D eigenvalue weighted by atomic mass is 10.2. The Hall–Kier alpha value is -1.42. The van der Waals surface area contributed by atoms with E-state index in [-0.39, 0.29) is 6.54 Å². The number of rotatable bonds is 3. The summed E-state index contributed by atoms with van der Waals surface area (Å²) in [5.74, 6) is -0.402. The van der Waals surface area contributed by atoms with E-state index < -0.39 is 5.91 Å². The molecule has 0 unspecified atom stereocenters. The molecule has 0 bridgehead atoms. The maximum absolute atomic E-state index is 10.7. The Morgan fingerprint density at radius 2 is 2.21 bits per heavy atom. The molecule has 4 nitrogen and oxygen atoms in total. The molecule has 0 atom stereocenters. The Morgan fingerprint density at radius 3 is 2.71 bits per heavy atom. The average molecular weight is 214 g/mol. The zero-order valence-electron chi connectivity index (χ0n) is 7.83. The highest BCUT2D eigenvalue weighted by molar-refractivity contribution is 6.33. The van der Waals surface area contributed by atoms with Crippen LogP contribution in [-0.2, 0) is 4.79 Å². The van der Waals surface area contributed by atoms with Gasteiger partial charge in [0.2, 0.25) is 5.91 Å². The van der Waals surface area contributed by atoms with E-state index in [4.69, 9.17) is 23.1 Å². The largest absolute Gasteiger partial charge is 0.399 e. The molecule has 0 heterocycles. The molecular formula is C9H12ClN3O. The van der Waals surface area contributed by atoms with Crippen LogP contribution < -0.4 is 16.4 Å². The van der Waals surface area contributed by atoms with E-state index in [9.17, 15) is 4.79 Å². The molecule has 0 saturated carbocycles. The molecule has 0 aliphatic carbocycles. The summed E-state index contributed by atoms with van der Waals surface area (Å²) >= 11 is 5.93. The van der Waals surface area contributed by atoms with Crippen molar-refractivity contribution >= 4 is 28.9 Å². The van der Waals surface area contributed by atoms with Gasteiger partial charge in [-0.05, 0) is 18.2 Å². The summed E-state index contributed by atoms with van der Waals surface area (Å²) in [6.45, 7) is 0.129. The number of nitrogens with zero attached hydrogens (tertiary/aromatic N) is 1. The molecule has 0 aliphatic heterocycles. The van der Waals surface area contributed by atoms with Gasteiger partial charge in [-0.3, -0.25) is 4.79 Å². The van der Waals surface area contributed by atoms with Crippen molar-refractivity contribution in [3.8, 4) is 0 Å². The normalized spacial score (nSPS) is 9.86. The second-order valence-corrected chi connectivity index (χ2v) is 3.44. The first-order valence-corrected chi connectivity index (χ1v) is 4.43. The minimum atomic E-state index is -0.402. The standard InChI is InChI=1S/C9H12ClN3O/c1-13(5-9(12)14)8-3-2-6(11)4-7(8)10/h2-4H,5,11H2,1H3,(H2,12,14). The van der Waals surface area contributed by atoms with Gasteiger partial charge in [-0.2, -0.15) is 0 Å². The number of carbonyl (C=O) groups excluding carboxylic acids is 1. The highest BCUT2D eigenvalue weighted by Gasteiger charge is 2.07. The van der Waals surface area contributed by atoms with Crippen LogP contribution in [0.1, 0.15) is 0 Å². The van der Waals surface area contributed by atoms with Crippen molar-refractivity contribution in [2.75, 3.05) is 24.2 Å². The van der Waals surface area contributed by atoms with Crippen LogP contribution in [0.15, 0.2) is 18.2 Å². The Balaban J connectivity index is 2.90. The Bertz CT molecular complexity index is 354. The van der Waals surface area contributed by atoms with Crippen molar-refractivity contribution in [2.24, 2.45) is 5.73 Å². The minimum absolute atomic E-state index is 0.129. The smallest absolute Gasteiger partial charge is 0.236 e. The predicted molar refractivity (Wildman–Crippen MR) is 58.3 cm³/mol. The molecule has 0 fully saturated rings. The molecule has 1 aromatic rings. The molecule has 76 valence electrons. The van der Waals surface area contributed by atoms with Crippen molar-refractivity contribution in [1.82, 2.24) is 0 Å². The Morgan fingerprint density at radius 1 is 1.57 bits per heavy atom. The highest BCUT2D eigenvalue weighted by atomic mass is 35.5. The van der Waals surface area contributed by atoms with Crippen LogP contribution >= 0.6 is 11.6 Å². The molecule has 1 amide bonds. The number of nitrogen functional groups attached to an aromatic ring is 1. The lowest BCUT2D eigenvalue weighted by Gasteiger charge is -2.18. The molecule has 14 heavy (non-hydrogen) atoms. The second-order valence-electron chi connectivity index (χ2n) is 3.03. The molecule has 0 aromatic heterocycles. The number of halogens is 1. The van der Waals surface area contributed by atoms with Gasteiger partial charge in [0.1, 0.15) is 0 Å². The van der Waals surface area contributed by atoms with Gasteiger partial charge in [-0.15, -0.1) is 0 Å². The minimum Gasteiger partial charge on any atom is -0.399 e. The summed E-state index contributed by atoms with van der Waals surface area (Å²) < 4.78 is 0. The van der Waals surface area contributed by atoms with Gasteiger partial charge >= 0.3 is 0 Å². The highest BCUT2D eigenvalue weighted by Crippen LogP contribution is 2.26. The number of carbonyl (C=O) groups is 1. The van der Waals surface area contributed by atoms with E-state index in [1.807, 2.05) is 0 Å². The predicted octanol–water partition coefficient (Wildman–Crippen LogP) is 0.844. The number of benzene rings is 1. The maximum atomic E-state index is 10.7. The van der Waals surface area contributed by atoms with E-state index in [2.05, 4.69) is 0 Å². The first-order valence-electron chi connectivity index (χ1n) is 4.05. The number of hydrogen-bond donors (Lipinski definition) is 2. The maximum Gasteiger partial charge on any atom is 0.236 e. The average Bonchev–Trinajstić information content (AvgIpc) is 2.01. The molecule has 0 saturated heterocycles. The molecule has 0 spiro atoms. The van der Waals surface area contributed by atoms with E-state index >= 15 is 0 Å². The van der Waals surface area contributed by atoms with Crippen LogP contribution in [0.5, 0.6) is 0 Å². The van der Waals surface area contributed by atoms with Gasteiger partial charge in [0, 0.05) is 12.7 Å². The van der Waals surface area contributed by atoms with Crippen LogP contribution in [0.2, 0.25) is 5.02 Å². The Kier molecular flexibility index (Phi) is 3.19. The van der Waals surface area contributed by atoms with Crippen molar-refractivity contribution in [1.29, 1.82) is 0 Å². The quantitative estimate of drug-likeness (QED) is 0.731. The molecule has 1 aromatic carbocycles.